The second-order valence-electron chi connectivity index (χ2n) is 2.71. The molecule has 1 fully saturated rings. The van der Waals surface area contributed by atoms with E-state index in [4.69, 9.17) is 35.8 Å². The van der Waals surface area contributed by atoms with E-state index < -0.39 is 5.54 Å². The lowest BCUT2D eigenvalue weighted by Gasteiger charge is -2.20. The van der Waals surface area contributed by atoms with Crippen molar-refractivity contribution in [1.82, 2.24) is 8.84 Å². The Hall–Kier alpha value is -0.0600. The Bertz CT molecular complexity index is 231. The third-order valence-corrected chi connectivity index (χ3v) is 2.99. The normalized spacial score (nSPS) is 23.3. The topological polar surface area (TPSA) is 23.6 Å². The highest BCUT2D eigenvalue weighted by Gasteiger charge is 2.48. The van der Waals surface area contributed by atoms with Gasteiger partial charge in [-0.05, 0) is 26.1 Å². The van der Waals surface area contributed by atoms with Gasteiger partial charge in [0, 0.05) is 23.6 Å². The van der Waals surface area contributed by atoms with Gasteiger partial charge in [-0.1, -0.05) is 0 Å². The lowest BCUT2D eigenvalue weighted by molar-refractivity contribution is -0.127. The van der Waals surface area contributed by atoms with Crippen molar-refractivity contribution in [2.45, 2.75) is 19.4 Å². The van der Waals surface area contributed by atoms with Crippen LogP contribution in [0.4, 0.5) is 0 Å². The third kappa shape index (κ3) is 1.09. The lowest BCUT2D eigenvalue weighted by atomic mass is 10.1. The highest BCUT2D eigenvalue weighted by molar-refractivity contribution is 7.80. The van der Waals surface area contributed by atoms with E-state index in [1.54, 1.807) is 13.8 Å². The molecule has 0 saturated carbocycles. The number of carbonyl (C=O) groups is 1. The van der Waals surface area contributed by atoms with Crippen LogP contribution < -0.4 is 0 Å². The molecule has 0 aromatic carbocycles. The van der Waals surface area contributed by atoms with Gasteiger partial charge in [-0.2, -0.15) is 4.42 Å². The van der Waals surface area contributed by atoms with Crippen molar-refractivity contribution in [2.24, 2.45) is 0 Å². The molecule has 1 rings (SSSR count). The van der Waals surface area contributed by atoms with E-state index in [1.807, 2.05) is 0 Å². The molecule has 0 unspecified atom stereocenters. The van der Waals surface area contributed by atoms with Gasteiger partial charge < -0.3 is 0 Å². The van der Waals surface area contributed by atoms with E-state index in [0.717, 1.165) is 8.84 Å². The van der Waals surface area contributed by atoms with Gasteiger partial charge in [0.2, 0.25) is 5.11 Å². The number of halogens is 2. The zero-order chi connectivity index (χ0) is 8.81. The third-order valence-electron chi connectivity index (χ3n) is 1.53. The average molecular weight is 213 g/mol. The van der Waals surface area contributed by atoms with Crippen molar-refractivity contribution in [1.29, 1.82) is 0 Å². The van der Waals surface area contributed by atoms with Crippen molar-refractivity contribution < 1.29 is 4.79 Å². The van der Waals surface area contributed by atoms with Crippen molar-refractivity contribution in [3.05, 3.63) is 0 Å². The Morgan fingerprint density at radius 3 is 2.00 bits per heavy atom. The predicted octanol–water partition coefficient (Wildman–Crippen LogP) is 1.50. The Morgan fingerprint density at radius 2 is 1.91 bits per heavy atom. The molecule has 0 spiro atoms. The molecule has 0 aromatic rings. The van der Waals surface area contributed by atoms with E-state index in [1.165, 1.54) is 0 Å². The van der Waals surface area contributed by atoms with E-state index in [9.17, 15) is 4.79 Å². The number of carbonyl (C=O) groups excluding carboxylic acids is 1. The van der Waals surface area contributed by atoms with Crippen LogP contribution in [0.25, 0.3) is 0 Å². The van der Waals surface area contributed by atoms with Crippen LogP contribution >= 0.6 is 35.8 Å². The molecule has 11 heavy (non-hydrogen) atoms. The van der Waals surface area contributed by atoms with Crippen molar-refractivity contribution in [3.63, 3.8) is 0 Å². The number of nitrogens with zero attached hydrogens (tertiary/aromatic N) is 2. The number of amides is 1. The second-order valence-corrected chi connectivity index (χ2v) is 3.75. The number of rotatable bonds is 0. The first-order valence-corrected chi connectivity index (χ1v) is 3.98. The van der Waals surface area contributed by atoms with Gasteiger partial charge in [0.15, 0.2) is 0 Å². The van der Waals surface area contributed by atoms with Crippen LogP contribution in [0.5, 0.6) is 0 Å². The summed E-state index contributed by atoms with van der Waals surface area (Å²) >= 11 is 16.0. The maximum atomic E-state index is 11.2. The smallest absolute Gasteiger partial charge is 0.270 e. The van der Waals surface area contributed by atoms with Crippen molar-refractivity contribution in [2.75, 3.05) is 0 Å². The molecule has 3 nitrogen and oxygen atoms in total. The van der Waals surface area contributed by atoms with Gasteiger partial charge in [0.05, 0.1) is 0 Å². The molecule has 1 heterocycles. The Morgan fingerprint density at radius 1 is 1.45 bits per heavy atom. The molecule has 1 amide bonds. The summed E-state index contributed by atoms with van der Waals surface area (Å²) in [5, 5.41) is 0.128. The van der Waals surface area contributed by atoms with Crippen LogP contribution in [0.3, 0.4) is 0 Å². The number of thiocarbonyl (C=S) groups is 1. The van der Waals surface area contributed by atoms with E-state index >= 15 is 0 Å². The minimum absolute atomic E-state index is 0.128. The van der Waals surface area contributed by atoms with Crippen LogP contribution in [0.15, 0.2) is 0 Å². The van der Waals surface area contributed by atoms with E-state index in [-0.39, 0.29) is 11.0 Å². The SMILES string of the molecule is CC1(C)C(=O)N(Cl)C(=S)N1Cl. The molecule has 1 saturated heterocycles. The molecule has 0 aromatic heterocycles. The van der Waals surface area contributed by atoms with Crippen LogP contribution in [-0.2, 0) is 4.79 Å². The van der Waals surface area contributed by atoms with E-state index in [2.05, 4.69) is 0 Å². The molecule has 1 aliphatic rings. The van der Waals surface area contributed by atoms with Crippen LogP contribution in [-0.4, -0.2) is 25.4 Å². The maximum absolute atomic E-state index is 11.2. The molecule has 1 aliphatic heterocycles. The fourth-order valence-corrected chi connectivity index (χ4v) is 1.51. The Balaban J connectivity index is 3.06. The molecule has 0 bridgehead atoms. The highest BCUT2D eigenvalue weighted by atomic mass is 35.5. The summed E-state index contributed by atoms with van der Waals surface area (Å²) in [5.41, 5.74) is -0.833. The first kappa shape index (κ1) is 9.03. The fraction of sp³-hybridized carbons (Fsp3) is 0.600. The summed E-state index contributed by atoms with van der Waals surface area (Å²) < 4.78 is 2.00. The van der Waals surface area contributed by atoms with Gasteiger partial charge in [-0.3, -0.25) is 4.79 Å². The number of hydrogen-bond acceptors (Lipinski definition) is 2. The van der Waals surface area contributed by atoms with Crippen molar-refractivity contribution in [3.8, 4) is 0 Å². The summed E-state index contributed by atoms with van der Waals surface area (Å²) in [4.78, 5) is 11.2. The zero-order valence-electron chi connectivity index (χ0n) is 5.97. The fourth-order valence-electron chi connectivity index (χ4n) is 0.727. The monoisotopic (exact) mass is 212 g/mol. The minimum Gasteiger partial charge on any atom is -0.270 e. The minimum atomic E-state index is -0.833. The lowest BCUT2D eigenvalue weighted by Crippen LogP contribution is -2.38. The second kappa shape index (κ2) is 2.47. The van der Waals surface area contributed by atoms with Crippen LogP contribution in [0.1, 0.15) is 13.8 Å². The van der Waals surface area contributed by atoms with Crippen LogP contribution in [0.2, 0.25) is 0 Å². The summed E-state index contributed by atoms with van der Waals surface area (Å²) in [6, 6.07) is 0. The van der Waals surface area contributed by atoms with E-state index in [0.29, 0.717) is 0 Å². The molecule has 0 aliphatic carbocycles. The van der Waals surface area contributed by atoms with Gasteiger partial charge in [-0.25, -0.2) is 4.42 Å². The highest BCUT2D eigenvalue weighted by Crippen LogP contribution is 2.30. The summed E-state index contributed by atoms with van der Waals surface area (Å²) in [5.74, 6) is -0.306. The predicted molar refractivity (Wildman–Crippen MR) is 47.1 cm³/mol. The maximum Gasteiger partial charge on any atom is 0.270 e. The summed E-state index contributed by atoms with van der Waals surface area (Å²) in [7, 11) is 0. The molecule has 62 valence electrons. The largest absolute Gasteiger partial charge is 0.270 e. The zero-order valence-corrected chi connectivity index (χ0v) is 8.30. The standard InChI is InChI=1S/C5H6Cl2N2OS/c1-5(2)3(10)8(6)4(11)9(5)7/h1-2H3. The Kier molecular flexibility index (Phi) is 2.03. The molecule has 0 N–H and O–H groups in total. The van der Waals surface area contributed by atoms with Gasteiger partial charge >= 0.3 is 0 Å². The first-order valence-electron chi connectivity index (χ1n) is 2.89. The first-order chi connectivity index (χ1) is 4.89. The molecular formula is C5H6Cl2N2OS. The van der Waals surface area contributed by atoms with Gasteiger partial charge in [0.1, 0.15) is 5.54 Å². The molecule has 0 radical (unpaired) electrons. The number of hydrogen-bond donors (Lipinski definition) is 0. The quantitative estimate of drug-likeness (QED) is 0.450. The summed E-state index contributed by atoms with van der Waals surface area (Å²) in [6.07, 6.45) is 0. The molecular weight excluding hydrogens is 207 g/mol. The van der Waals surface area contributed by atoms with Crippen molar-refractivity contribution >= 4 is 46.8 Å². The molecule has 6 heteroatoms. The summed E-state index contributed by atoms with van der Waals surface area (Å²) in [6.45, 7) is 3.30. The van der Waals surface area contributed by atoms with Gasteiger partial charge in [-0.15, -0.1) is 0 Å². The van der Waals surface area contributed by atoms with Gasteiger partial charge in [0.25, 0.3) is 5.91 Å². The van der Waals surface area contributed by atoms with Crippen LogP contribution in [0, 0.1) is 0 Å². The Labute approximate surface area is 80.1 Å². The average Bonchev–Trinajstić information content (AvgIpc) is 2.06. The molecule has 0 atom stereocenters.